The first kappa shape index (κ1) is 27.9. The van der Waals surface area contributed by atoms with Gasteiger partial charge in [-0.15, -0.1) is 0 Å². The fraction of sp³-hybridized carbons (Fsp3) is 0.231. The van der Waals surface area contributed by atoms with E-state index in [0.717, 1.165) is 39.6 Å². The second-order valence-corrected chi connectivity index (χ2v) is 13.8. The number of para-hydroxylation sites is 3. The van der Waals surface area contributed by atoms with Crippen LogP contribution in [-0.4, -0.2) is 14.1 Å². The lowest BCUT2D eigenvalue weighted by molar-refractivity contribution is -0.645. The number of benzene rings is 4. The van der Waals surface area contributed by atoms with Gasteiger partial charge in [0.1, 0.15) is 23.0 Å². The topological polar surface area (TPSA) is 35.9 Å². The number of hydrogen-bond donors (Lipinski definition) is 0. The van der Waals surface area contributed by atoms with Gasteiger partial charge in [-0.2, -0.15) is 4.57 Å². The minimum absolute atomic E-state index is 0.00833. The predicted octanol–water partition coefficient (Wildman–Crippen LogP) is 9.33. The summed E-state index contributed by atoms with van der Waals surface area (Å²) < 4.78 is 13.4. The van der Waals surface area contributed by atoms with Crippen LogP contribution in [0.4, 0.5) is 0 Å². The lowest BCUT2D eigenvalue weighted by Gasteiger charge is -2.22. The first-order chi connectivity index (χ1) is 21.0. The zero-order valence-electron chi connectivity index (χ0n) is 26.6. The van der Waals surface area contributed by atoms with E-state index in [4.69, 9.17) is 9.72 Å². The van der Waals surface area contributed by atoms with Gasteiger partial charge in [0.25, 0.3) is 0 Å². The molecule has 0 atom stereocenters. The van der Waals surface area contributed by atoms with Crippen LogP contribution in [0.5, 0.6) is 11.5 Å². The number of aromatic nitrogens is 4. The molecule has 0 bridgehead atoms. The second kappa shape index (κ2) is 10.1. The van der Waals surface area contributed by atoms with Crippen LogP contribution >= 0.6 is 0 Å². The van der Waals surface area contributed by atoms with E-state index in [1.807, 2.05) is 12.3 Å². The van der Waals surface area contributed by atoms with Crippen molar-refractivity contribution in [3.63, 3.8) is 0 Å². The van der Waals surface area contributed by atoms with Gasteiger partial charge in [0.15, 0.2) is 11.0 Å². The molecular formula is C39H39N4O+. The molecule has 0 saturated carbocycles. The Balaban J connectivity index is 1.42. The van der Waals surface area contributed by atoms with Crippen LogP contribution < -0.4 is 9.30 Å². The molecule has 7 aromatic rings. The van der Waals surface area contributed by atoms with E-state index in [0.29, 0.717) is 0 Å². The molecule has 3 aromatic heterocycles. The van der Waals surface area contributed by atoms with Crippen molar-refractivity contribution in [1.82, 2.24) is 14.1 Å². The average Bonchev–Trinajstić information content (AvgIpc) is 3.51. The molecule has 0 aliphatic rings. The summed E-state index contributed by atoms with van der Waals surface area (Å²) in [6.45, 7) is 13.5. The maximum absolute atomic E-state index is 6.71. The summed E-state index contributed by atoms with van der Waals surface area (Å²) in [6.07, 6.45) is 4.04. The number of aryl methyl sites for hydroxylation is 1. The van der Waals surface area contributed by atoms with Crippen molar-refractivity contribution in [3.05, 3.63) is 121 Å². The Kier molecular flexibility index (Phi) is 6.40. The fourth-order valence-corrected chi connectivity index (χ4v) is 6.28. The van der Waals surface area contributed by atoms with Crippen LogP contribution in [0.25, 0.3) is 44.3 Å². The molecule has 5 nitrogen and oxygen atoms in total. The van der Waals surface area contributed by atoms with Crippen molar-refractivity contribution in [2.45, 2.75) is 52.4 Å². The lowest BCUT2D eigenvalue weighted by atomic mass is 9.84. The van der Waals surface area contributed by atoms with Crippen molar-refractivity contribution in [1.29, 1.82) is 0 Å². The number of ether oxygens (including phenoxy) is 1. The number of pyridine rings is 1. The number of rotatable bonds is 4. The molecule has 44 heavy (non-hydrogen) atoms. The summed E-state index contributed by atoms with van der Waals surface area (Å²) in [4.78, 5) is 4.89. The highest BCUT2D eigenvalue weighted by atomic mass is 16.5. The molecule has 0 N–H and O–H groups in total. The van der Waals surface area contributed by atoms with Crippen LogP contribution in [0.2, 0.25) is 0 Å². The highest BCUT2D eigenvalue weighted by Gasteiger charge is 2.25. The van der Waals surface area contributed by atoms with Gasteiger partial charge in [-0.1, -0.05) is 77.9 Å². The maximum Gasteiger partial charge on any atom is 0.249 e. The zero-order valence-corrected chi connectivity index (χ0v) is 26.6. The standard InChI is InChI=1S/C39H39N4O/c1-38(2,3)26-19-20-40-36(21-26)43-32-16-9-8-15-30(32)37-31(39(4,5)6)23-29(24-35(37)43)44-28-14-12-13-27(22-28)42-25-41(7)33-17-10-11-18-34(33)42/h8-25H,1-7H3/q+1. The molecule has 4 aromatic carbocycles. The maximum atomic E-state index is 6.71. The van der Waals surface area contributed by atoms with E-state index in [-0.39, 0.29) is 10.8 Å². The third kappa shape index (κ3) is 4.73. The van der Waals surface area contributed by atoms with E-state index in [9.17, 15) is 0 Å². The van der Waals surface area contributed by atoms with Gasteiger partial charge in [0.05, 0.1) is 18.1 Å². The zero-order chi connectivity index (χ0) is 30.8. The summed E-state index contributed by atoms with van der Waals surface area (Å²) in [5.41, 5.74) is 7.99. The van der Waals surface area contributed by atoms with Gasteiger partial charge in [0.2, 0.25) is 6.33 Å². The van der Waals surface area contributed by atoms with E-state index in [2.05, 4.69) is 160 Å². The van der Waals surface area contributed by atoms with Crippen molar-refractivity contribution < 1.29 is 9.30 Å². The molecule has 0 amide bonds. The molecule has 5 heteroatoms. The van der Waals surface area contributed by atoms with Crippen LogP contribution in [0.3, 0.4) is 0 Å². The molecule has 0 saturated heterocycles. The highest BCUT2D eigenvalue weighted by molar-refractivity contribution is 6.11. The van der Waals surface area contributed by atoms with Gasteiger partial charge < -0.3 is 4.74 Å². The largest absolute Gasteiger partial charge is 0.457 e. The van der Waals surface area contributed by atoms with Crippen molar-refractivity contribution in [3.8, 4) is 23.0 Å². The van der Waals surface area contributed by atoms with Crippen LogP contribution in [-0.2, 0) is 17.9 Å². The monoisotopic (exact) mass is 579 g/mol. The van der Waals surface area contributed by atoms with Crippen LogP contribution in [0.1, 0.15) is 52.7 Å². The number of imidazole rings is 1. The third-order valence-electron chi connectivity index (χ3n) is 8.54. The second-order valence-electron chi connectivity index (χ2n) is 13.8. The minimum atomic E-state index is -0.117. The quantitative estimate of drug-likeness (QED) is 0.195. The third-order valence-corrected chi connectivity index (χ3v) is 8.54. The van der Waals surface area contributed by atoms with Gasteiger partial charge in [-0.05, 0) is 70.5 Å². The Morgan fingerprint density at radius 2 is 1.43 bits per heavy atom. The SMILES string of the molecule is C[n+]1cn(-c2cccc(Oc3cc(C(C)(C)C)c4c5ccccc5n(-c5cc(C(C)(C)C)ccn5)c4c3)c2)c2ccccc21. The summed E-state index contributed by atoms with van der Waals surface area (Å²) in [5, 5.41) is 2.46. The summed E-state index contributed by atoms with van der Waals surface area (Å²) in [7, 11) is 2.08. The first-order valence-electron chi connectivity index (χ1n) is 15.3. The van der Waals surface area contributed by atoms with Gasteiger partial charge in [0, 0.05) is 29.1 Å². The van der Waals surface area contributed by atoms with E-state index in [1.165, 1.54) is 27.4 Å². The van der Waals surface area contributed by atoms with Crippen LogP contribution in [0.15, 0.2) is 110 Å². The predicted molar refractivity (Wildman–Crippen MR) is 181 cm³/mol. The van der Waals surface area contributed by atoms with Crippen molar-refractivity contribution in [2.24, 2.45) is 7.05 Å². The van der Waals surface area contributed by atoms with Crippen molar-refractivity contribution >= 4 is 32.8 Å². The summed E-state index contributed by atoms with van der Waals surface area (Å²) in [5.74, 6) is 2.51. The number of nitrogens with zero attached hydrogens (tertiary/aromatic N) is 4. The Morgan fingerprint density at radius 1 is 0.682 bits per heavy atom. The molecule has 3 heterocycles. The Labute approximate surface area is 259 Å². The van der Waals surface area contributed by atoms with Gasteiger partial charge >= 0.3 is 0 Å². The van der Waals surface area contributed by atoms with E-state index < -0.39 is 0 Å². The summed E-state index contributed by atoms with van der Waals surface area (Å²) in [6, 6.07) is 34.1. The highest BCUT2D eigenvalue weighted by Crippen LogP contribution is 2.42. The normalized spacial score (nSPS) is 12.4. The molecular weight excluding hydrogens is 540 g/mol. The molecule has 0 aliphatic heterocycles. The Hall–Kier alpha value is -4.90. The van der Waals surface area contributed by atoms with E-state index >= 15 is 0 Å². The average molecular weight is 580 g/mol. The van der Waals surface area contributed by atoms with Crippen molar-refractivity contribution in [2.75, 3.05) is 0 Å². The fourth-order valence-electron chi connectivity index (χ4n) is 6.28. The lowest BCUT2D eigenvalue weighted by Crippen LogP contribution is -2.25. The molecule has 7 rings (SSSR count). The minimum Gasteiger partial charge on any atom is -0.457 e. The molecule has 0 radical (unpaired) electrons. The van der Waals surface area contributed by atoms with Gasteiger partial charge in [-0.3, -0.25) is 4.57 Å². The molecule has 0 fully saturated rings. The molecule has 220 valence electrons. The Morgan fingerprint density at radius 3 is 2.20 bits per heavy atom. The smallest absolute Gasteiger partial charge is 0.249 e. The Bertz CT molecular complexity index is 2190. The van der Waals surface area contributed by atoms with Crippen LogP contribution in [0, 0.1) is 0 Å². The molecule has 0 aliphatic carbocycles. The molecule has 0 spiro atoms. The van der Waals surface area contributed by atoms with E-state index in [1.54, 1.807) is 0 Å². The van der Waals surface area contributed by atoms with Gasteiger partial charge in [-0.25, -0.2) is 9.55 Å². The number of hydrogen-bond acceptors (Lipinski definition) is 2. The first-order valence-corrected chi connectivity index (χ1v) is 15.3. The number of fused-ring (bicyclic) bond motifs is 4. The molecule has 0 unspecified atom stereocenters. The summed E-state index contributed by atoms with van der Waals surface area (Å²) >= 11 is 0.